The number of hydrogen-bond donors (Lipinski definition) is 1. The van der Waals surface area contributed by atoms with E-state index in [-0.39, 0.29) is 36.3 Å². The quantitative estimate of drug-likeness (QED) is 0.911. The largest absolute Gasteiger partial charge is 0.478 e. The molecule has 122 valence electrons. The molecule has 1 aliphatic heterocycles. The second kappa shape index (κ2) is 6.49. The van der Waals surface area contributed by atoms with Crippen LogP contribution in [0.5, 0.6) is 0 Å². The molecule has 1 N–H and O–H groups in total. The van der Waals surface area contributed by atoms with Crippen LogP contribution in [-0.2, 0) is 16.1 Å². The Morgan fingerprint density at radius 2 is 1.79 bits per heavy atom. The van der Waals surface area contributed by atoms with Gasteiger partial charge in [0.1, 0.15) is 24.5 Å². The summed E-state index contributed by atoms with van der Waals surface area (Å²) in [7, 11) is 0. The fourth-order valence-corrected chi connectivity index (χ4v) is 2.58. The van der Waals surface area contributed by atoms with E-state index in [4.69, 9.17) is 0 Å². The topological polar surface area (TPSA) is 90.8 Å². The molecular formula is C17H15N3O4. The Labute approximate surface area is 138 Å². The first-order valence-electron chi connectivity index (χ1n) is 7.36. The van der Waals surface area contributed by atoms with Crippen LogP contribution in [0, 0.1) is 0 Å². The Hall–Kier alpha value is -3.22. The van der Waals surface area contributed by atoms with E-state index in [1.54, 1.807) is 0 Å². The SMILES string of the molecule is O=C(O)c1cccnc1N1CC(=O)N(Cc2ccccc2)CC1=O. The van der Waals surface area contributed by atoms with E-state index in [1.807, 2.05) is 30.3 Å². The van der Waals surface area contributed by atoms with Gasteiger partial charge in [0.05, 0.1) is 0 Å². The van der Waals surface area contributed by atoms with Crippen molar-refractivity contribution in [2.75, 3.05) is 18.0 Å². The highest BCUT2D eigenvalue weighted by atomic mass is 16.4. The van der Waals surface area contributed by atoms with E-state index in [9.17, 15) is 19.5 Å². The minimum Gasteiger partial charge on any atom is -0.478 e. The molecule has 1 aliphatic rings. The van der Waals surface area contributed by atoms with Crippen molar-refractivity contribution in [2.45, 2.75) is 6.54 Å². The van der Waals surface area contributed by atoms with Crippen LogP contribution >= 0.6 is 0 Å². The monoisotopic (exact) mass is 325 g/mol. The lowest BCUT2D eigenvalue weighted by Gasteiger charge is -2.33. The number of carboxylic acids is 1. The summed E-state index contributed by atoms with van der Waals surface area (Å²) in [6, 6.07) is 12.2. The highest BCUT2D eigenvalue weighted by Crippen LogP contribution is 2.21. The summed E-state index contributed by atoms with van der Waals surface area (Å²) in [4.78, 5) is 42.6. The van der Waals surface area contributed by atoms with Crippen LogP contribution in [0.15, 0.2) is 48.7 Å². The molecule has 7 heteroatoms. The number of piperazine rings is 1. The van der Waals surface area contributed by atoms with Gasteiger partial charge < -0.3 is 10.0 Å². The van der Waals surface area contributed by atoms with Crippen LogP contribution in [0.3, 0.4) is 0 Å². The van der Waals surface area contributed by atoms with Crippen molar-refractivity contribution in [2.24, 2.45) is 0 Å². The molecule has 1 aromatic heterocycles. The molecule has 0 bridgehead atoms. The van der Waals surface area contributed by atoms with Gasteiger partial charge in [-0.05, 0) is 17.7 Å². The summed E-state index contributed by atoms with van der Waals surface area (Å²) in [6.07, 6.45) is 1.40. The van der Waals surface area contributed by atoms with Crippen molar-refractivity contribution in [1.29, 1.82) is 0 Å². The summed E-state index contributed by atoms with van der Waals surface area (Å²) in [6.45, 7) is 0.0135. The van der Waals surface area contributed by atoms with Crippen molar-refractivity contribution in [1.82, 2.24) is 9.88 Å². The Morgan fingerprint density at radius 3 is 2.50 bits per heavy atom. The smallest absolute Gasteiger partial charge is 0.339 e. The number of nitrogens with zero attached hydrogens (tertiary/aromatic N) is 3. The number of rotatable bonds is 4. The van der Waals surface area contributed by atoms with E-state index in [2.05, 4.69) is 4.98 Å². The molecule has 1 fully saturated rings. The molecule has 2 aromatic rings. The molecule has 0 unspecified atom stereocenters. The van der Waals surface area contributed by atoms with Gasteiger partial charge in [-0.3, -0.25) is 14.5 Å². The normalized spacial score (nSPS) is 14.8. The molecular weight excluding hydrogens is 310 g/mol. The third kappa shape index (κ3) is 3.10. The second-order valence-corrected chi connectivity index (χ2v) is 5.40. The molecule has 2 amide bonds. The minimum absolute atomic E-state index is 0.00251. The zero-order chi connectivity index (χ0) is 17.1. The molecule has 0 aliphatic carbocycles. The van der Waals surface area contributed by atoms with Crippen LogP contribution in [0.25, 0.3) is 0 Å². The van der Waals surface area contributed by atoms with Crippen LogP contribution in [0.2, 0.25) is 0 Å². The first kappa shape index (κ1) is 15.7. The predicted molar refractivity (Wildman–Crippen MR) is 85.4 cm³/mol. The highest BCUT2D eigenvalue weighted by Gasteiger charge is 2.33. The first-order chi connectivity index (χ1) is 11.6. The number of benzene rings is 1. The van der Waals surface area contributed by atoms with Gasteiger partial charge in [-0.2, -0.15) is 0 Å². The summed E-state index contributed by atoms with van der Waals surface area (Å²) >= 11 is 0. The van der Waals surface area contributed by atoms with Gasteiger partial charge in [0.15, 0.2) is 0 Å². The van der Waals surface area contributed by atoms with Gasteiger partial charge >= 0.3 is 5.97 Å². The Bertz CT molecular complexity index is 791. The van der Waals surface area contributed by atoms with E-state index in [0.29, 0.717) is 6.54 Å². The number of amides is 2. The molecule has 2 heterocycles. The third-order valence-corrected chi connectivity index (χ3v) is 3.76. The third-order valence-electron chi connectivity index (χ3n) is 3.76. The molecule has 0 spiro atoms. The zero-order valence-corrected chi connectivity index (χ0v) is 12.8. The van der Waals surface area contributed by atoms with Crippen molar-refractivity contribution in [3.05, 3.63) is 59.8 Å². The maximum Gasteiger partial charge on any atom is 0.339 e. The Morgan fingerprint density at radius 1 is 1.04 bits per heavy atom. The molecule has 3 rings (SSSR count). The van der Waals surface area contributed by atoms with Crippen molar-refractivity contribution in [3.63, 3.8) is 0 Å². The first-order valence-corrected chi connectivity index (χ1v) is 7.36. The standard InChI is InChI=1S/C17H15N3O4/c21-14-11-20(16-13(17(23)24)7-4-8-18-16)15(22)10-19(14)9-12-5-2-1-3-6-12/h1-8H,9-11H2,(H,23,24). The van der Waals surface area contributed by atoms with Gasteiger partial charge in [-0.15, -0.1) is 0 Å². The Kier molecular flexibility index (Phi) is 4.24. The van der Waals surface area contributed by atoms with Crippen LogP contribution in [0.1, 0.15) is 15.9 Å². The van der Waals surface area contributed by atoms with Gasteiger partial charge in [0.2, 0.25) is 11.8 Å². The molecule has 7 nitrogen and oxygen atoms in total. The lowest BCUT2D eigenvalue weighted by molar-refractivity contribution is -0.138. The molecule has 0 radical (unpaired) electrons. The predicted octanol–water partition coefficient (Wildman–Crippen LogP) is 1.16. The van der Waals surface area contributed by atoms with Crippen LogP contribution in [-0.4, -0.2) is 45.9 Å². The van der Waals surface area contributed by atoms with Crippen molar-refractivity contribution in [3.8, 4) is 0 Å². The minimum atomic E-state index is -1.19. The number of carboxylic acid groups (broad SMARTS) is 1. The van der Waals surface area contributed by atoms with E-state index >= 15 is 0 Å². The van der Waals surface area contributed by atoms with Gasteiger partial charge in [-0.25, -0.2) is 9.78 Å². The number of carbonyl (C=O) groups is 3. The number of pyridine rings is 1. The van der Waals surface area contributed by atoms with Crippen LogP contribution in [0.4, 0.5) is 5.82 Å². The highest BCUT2D eigenvalue weighted by molar-refractivity contribution is 6.07. The maximum atomic E-state index is 12.4. The number of aromatic carboxylic acids is 1. The van der Waals surface area contributed by atoms with Crippen molar-refractivity contribution < 1.29 is 19.5 Å². The summed E-state index contributed by atoms with van der Waals surface area (Å²) in [5.41, 5.74) is 0.825. The summed E-state index contributed by atoms with van der Waals surface area (Å²) in [5.74, 6) is -1.79. The number of hydrogen-bond acceptors (Lipinski definition) is 4. The number of anilines is 1. The lowest BCUT2D eigenvalue weighted by Crippen LogP contribution is -2.54. The average Bonchev–Trinajstić information content (AvgIpc) is 2.59. The number of carbonyl (C=O) groups excluding carboxylic acids is 2. The molecule has 0 atom stereocenters. The summed E-state index contributed by atoms with van der Waals surface area (Å²) < 4.78 is 0. The van der Waals surface area contributed by atoms with Gasteiger partial charge in [-0.1, -0.05) is 30.3 Å². The number of aromatic nitrogens is 1. The van der Waals surface area contributed by atoms with E-state index < -0.39 is 5.97 Å². The van der Waals surface area contributed by atoms with Crippen molar-refractivity contribution >= 4 is 23.6 Å². The fourth-order valence-electron chi connectivity index (χ4n) is 2.58. The van der Waals surface area contributed by atoms with E-state index in [0.717, 1.165) is 10.5 Å². The lowest BCUT2D eigenvalue weighted by atomic mass is 10.1. The van der Waals surface area contributed by atoms with Gasteiger partial charge in [0, 0.05) is 12.7 Å². The molecule has 24 heavy (non-hydrogen) atoms. The molecule has 1 saturated heterocycles. The Balaban J connectivity index is 1.80. The second-order valence-electron chi connectivity index (χ2n) is 5.40. The zero-order valence-electron chi connectivity index (χ0n) is 12.8. The fraction of sp³-hybridized carbons (Fsp3) is 0.176. The molecule has 0 saturated carbocycles. The van der Waals surface area contributed by atoms with Gasteiger partial charge in [0.25, 0.3) is 0 Å². The van der Waals surface area contributed by atoms with Crippen LogP contribution < -0.4 is 4.90 Å². The molecule has 1 aromatic carbocycles. The van der Waals surface area contributed by atoms with E-state index in [1.165, 1.54) is 23.2 Å². The summed E-state index contributed by atoms with van der Waals surface area (Å²) in [5, 5.41) is 9.22. The average molecular weight is 325 g/mol. The maximum absolute atomic E-state index is 12.4.